The number of Topliss-reactive ketones (excluding diaryl/α,β-unsaturated/α-hetero) is 1. The molecule has 0 aliphatic rings. The van der Waals surface area contributed by atoms with Crippen LogP contribution in [0.1, 0.15) is 25.7 Å². The van der Waals surface area contributed by atoms with Gasteiger partial charge >= 0.3 is 17.9 Å². The van der Waals surface area contributed by atoms with Crippen LogP contribution in [0.15, 0.2) is 4.99 Å². The van der Waals surface area contributed by atoms with E-state index in [1.807, 2.05) is 0 Å². The quantitative estimate of drug-likeness (QED) is 0.0365. The van der Waals surface area contributed by atoms with Crippen LogP contribution in [0.25, 0.3) is 0 Å². The van der Waals surface area contributed by atoms with Crippen molar-refractivity contribution in [2.24, 2.45) is 28.1 Å². The summed E-state index contributed by atoms with van der Waals surface area (Å²) in [6, 6.07) is -2.73. The highest BCUT2D eigenvalue weighted by Gasteiger charge is 2.29. The van der Waals surface area contributed by atoms with Crippen molar-refractivity contribution in [2.45, 2.75) is 37.8 Å². The second kappa shape index (κ2) is 16.7. The fourth-order valence-corrected chi connectivity index (χ4v) is 2.51. The molecule has 3 unspecified atom stereocenters. The van der Waals surface area contributed by atoms with Gasteiger partial charge < -0.3 is 48.0 Å². The highest BCUT2D eigenvalue weighted by molar-refractivity contribution is 5.93. The molecule has 0 spiro atoms. The van der Waals surface area contributed by atoms with E-state index in [2.05, 4.69) is 20.5 Å². The van der Waals surface area contributed by atoms with E-state index in [4.69, 9.17) is 32.5 Å². The van der Waals surface area contributed by atoms with Gasteiger partial charge in [0.25, 0.3) is 0 Å². The number of carbonyl (C=O) groups is 6. The van der Waals surface area contributed by atoms with Gasteiger partial charge in [0.1, 0.15) is 6.04 Å². The van der Waals surface area contributed by atoms with Crippen LogP contribution in [0.2, 0.25) is 0 Å². The molecule has 0 aromatic carbocycles. The molecule has 2 amide bonds. The van der Waals surface area contributed by atoms with E-state index in [0.717, 1.165) is 0 Å². The number of hydroxylamine groups is 1. The number of carboxylic acids is 2. The lowest BCUT2D eigenvalue weighted by Crippen LogP contribution is -2.49. The van der Waals surface area contributed by atoms with Crippen LogP contribution in [-0.4, -0.2) is 95.1 Å². The van der Waals surface area contributed by atoms with Crippen molar-refractivity contribution in [3.8, 4) is 0 Å². The Hall–Kier alpha value is -3.83. The van der Waals surface area contributed by atoms with Crippen molar-refractivity contribution < 1.29 is 48.9 Å². The number of aliphatic carboxylic acids is 2. The molecular weight excluding hydrogens is 474 g/mol. The molecule has 17 heteroatoms. The predicted octanol–water partition coefficient (Wildman–Crippen LogP) is -4.86. The summed E-state index contributed by atoms with van der Waals surface area (Å²) in [6.07, 6.45) is -1.07. The molecule has 0 bridgehead atoms. The molecule has 17 nitrogen and oxygen atoms in total. The first-order chi connectivity index (χ1) is 16.4. The maximum atomic E-state index is 12.4. The van der Waals surface area contributed by atoms with Crippen LogP contribution < -0.4 is 33.3 Å². The first-order valence-electron chi connectivity index (χ1n) is 10.3. The fraction of sp³-hybridized carbons (Fsp3) is 0.611. The molecule has 0 aliphatic heterocycles. The Kier molecular flexibility index (Phi) is 14.9. The number of aliphatic hydroxyl groups excluding tert-OH is 1. The van der Waals surface area contributed by atoms with Crippen LogP contribution in [0.4, 0.5) is 0 Å². The van der Waals surface area contributed by atoms with Crippen molar-refractivity contribution in [2.75, 3.05) is 26.2 Å². The lowest BCUT2D eigenvalue weighted by molar-refractivity contribution is -0.166. The summed E-state index contributed by atoms with van der Waals surface area (Å²) in [5, 5.41) is 31.3. The number of guanidine groups is 1. The SMILES string of the molecule is NCC(=O)NC(CCCN=C(N)N)C(=O)NCC(=O)CC(CC(=O)O)C(=O)ONC(CO)C(=O)O. The lowest BCUT2D eigenvalue weighted by atomic mass is 9.99. The minimum atomic E-state index is -1.66. The number of nitrogens with zero attached hydrogens (tertiary/aromatic N) is 1. The molecule has 0 aromatic rings. The fourth-order valence-electron chi connectivity index (χ4n) is 2.51. The molecule has 0 radical (unpaired) electrons. The Labute approximate surface area is 199 Å². The zero-order valence-electron chi connectivity index (χ0n) is 18.8. The van der Waals surface area contributed by atoms with Crippen molar-refractivity contribution in [3.05, 3.63) is 0 Å². The molecular formula is C18H31N7O10. The molecule has 0 saturated heterocycles. The number of nitrogens with one attached hydrogen (secondary N) is 3. The number of ketones is 1. The highest BCUT2D eigenvalue weighted by Crippen LogP contribution is 2.12. The van der Waals surface area contributed by atoms with E-state index in [0.29, 0.717) is 6.42 Å². The summed E-state index contributed by atoms with van der Waals surface area (Å²) in [7, 11) is 0. The number of rotatable bonds is 18. The van der Waals surface area contributed by atoms with Gasteiger partial charge in [-0.3, -0.25) is 33.8 Å². The number of aliphatic imine (C=N–C) groups is 1. The number of hydrogen-bond donors (Lipinski definition) is 9. The molecule has 0 aromatic heterocycles. The molecule has 0 rings (SSSR count). The van der Waals surface area contributed by atoms with E-state index in [1.165, 1.54) is 0 Å². The zero-order valence-corrected chi connectivity index (χ0v) is 18.8. The van der Waals surface area contributed by atoms with Crippen molar-refractivity contribution in [1.29, 1.82) is 0 Å². The maximum absolute atomic E-state index is 12.4. The predicted molar refractivity (Wildman–Crippen MR) is 117 cm³/mol. The molecule has 0 heterocycles. The largest absolute Gasteiger partial charge is 0.481 e. The van der Waals surface area contributed by atoms with Gasteiger partial charge in [0.15, 0.2) is 17.8 Å². The Balaban J connectivity index is 4.99. The van der Waals surface area contributed by atoms with Gasteiger partial charge in [0.05, 0.1) is 32.0 Å². The Bertz CT molecular complexity index is 801. The average Bonchev–Trinajstić information content (AvgIpc) is 2.78. The maximum Gasteiger partial charge on any atom is 0.328 e. The summed E-state index contributed by atoms with van der Waals surface area (Å²) in [5.41, 5.74) is 17.4. The van der Waals surface area contributed by atoms with Crippen molar-refractivity contribution in [3.63, 3.8) is 0 Å². The van der Waals surface area contributed by atoms with Crippen LogP contribution in [-0.2, 0) is 33.6 Å². The number of aliphatic hydroxyl groups is 1. The highest BCUT2D eigenvalue weighted by atomic mass is 16.7. The van der Waals surface area contributed by atoms with E-state index in [-0.39, 0.29) is 25.5 Å². The summed E-state index contributed by atoms with van der Waals surface area (Å²) in [4.78, 5) is 78.5. The number of hydrogen-bond acceptors (Lipinski definition) is 11. The molecule has 12 N–H and O–H groups in total. The Morgan fingerprint density at radius 2 is 1.66 bits per heavy atom. The Morgan fingerprint density at radius 3 is 2.17 bits per heavy atom. The summed E-state index contributed by atoms with van der Waals surface area (Å²) in [5.74, 6) is -8.00. The monoisotopic (exact) mass is 505 g/mol. The van der Waals surface area contributed by atoms with Gasteiger partial charge in [-0.15, -0.1) is 5.48 Å². The molecule has 35 heavy (non-hydrogen) atoms. The number of carbonyl (C=O) groups excluding carboxylic acids is 4. The third kappa shape index (κ3) is 14.1. The normalized spacial score (nSPS) is 13.0. The zero-order chi connectivity index (χ0) is 27.0. The second-order valence-electron chi connectivity index (χ2n) is 7.14. The first-order valence-corrected chi connectivity index (χ1v) is 10.3. The van der Waals surface area contributed by atoms with Crippen LogP contribution in [0, 0.1) is 5.92 Å². The van der Waals surface area contributed by atoms with E-state index in [9.17, 15) is 28.8 Å². The van der Waals surface area contributed by atoms with Gasteiger partial charge in [-0.2, -0.15) is 0 Å². The van der Waals surface area contributed by atoms with E-state index >= 15 is 0 Å². The summed E-state index contributed by atoms with van der Waals surface area (Å²) in [6.45, 7) is -1.74. The van der Waals surface area contributed by atoms with E-state index in [1.54, 1.807) is 5.48 Å². The lowest BCUT2D eigenvalue weighted by Gasteiger charge is -2.18. The molecule has 0 fully saturated rings. The topological polar surface area (TPSA) is 299 Å². The standard InChI is InChI=1S/C18H31N7O10/c19-6-13(28)24-11(2-1-3-22-18(20)21)15(31)23-7-10(27)4-9(5-14(29)30)17(34)35-25-12(8-26)16(32)33/h9,11-12,25-26H,1-8,19H2,(H,23,31)(H,24,28)(H,29,30)(H,32,33)(H4,20,21,22). The third-order valence-corrected chi connectivity index (χ3v) is 4.25. The first kappa shape index (κ1) is 31.2. The van der Waals surface area contributed by atoms with Crippen molar-refractivity contribution in [1.82, 2.24) is 16.1 Å². The van der Waals surface area contributed by atoms with Gasteiger partial charge in [-0.05, 0) is 12.8 Å². The third-order valence-electron chi connectivity index (χ3n) is 4.25. The van der Waals surface area contributed by atoms with Crippen molar-refractivity contribution >= 4 is 41.5 Å². The van der Waals surface area contributed by atoms with E-state index < -0.39 is 79.5 Å². The molecule has 3 atom stereocenters. The number of amides is 2. The average molecular weight is 505 g/mol. The minimum absolute atomic E-state index is 0.109. The van der Waals surface area contributed by atoms with Gasteiger partial charge in [0, 0.05) is 13.0 Å². The molecule has 198 valence electrons. The van der Waals surface area contributed by atoms with Gasteiger partial charge in [-0.25, -0.2) is 0 Å². The second-order valence-corrected chi connectivity index (χ2v) is 7.14. The molecule has 0 saturated carbocycles. The van der Waals surface area contributed by atoms with Gasteiger partial charge in [-0.1, -0.05) is 0 Å². The van der Waals surface area contributed by atoms with Crippen LogP contribution in [0.5, 0.6) is 0 Å². The number of nitrogens with two attached hydrogens (primary N) is 3. The molecule has 0 aliphatic carbocycles. The number of carboxylic acid groups (broad SMARTS) is 2. The van der Waals surface area contributed by atoms with Gasteiger partial charge in [0.2, 0.25) is 11.8 Å². The minimum Gasteiger partial charge on any atom is -0.481 e. The van der Waals surface area contributed by atoms with Crippen LogP contribution >= 0.6 is 0 Å². The summed E-state index contributed by atoms with van der Waals surface area (Å²) < 4.78 is 0. The summed E-state index contributed by atoms with van der Waals surface area (Å²) >= 11 is 0. The Morgan fingerprint density at radius 1 is 1.00 bits per heavy atom. The smallest absolute Gasteiger partial charge is 0.328 e. The van der Waals surface area contributed by atoms with Crippen LogP contribution in [0.3, 0.4) is 0 Å².